The number of benzene rings is 1. The van der Waals surface area contributed by atoms with Gasteiger partial charge in [-0.1, -0.05) is 30.4 Å². The molecule has 0 radical (unpaired) electrons. The number of anilines is 1. The molecule has 7 nitrogen and oxygen atoms in total. The Morgan fingerprint density at radius 1 is 1.24 bits per heavy atom. The van der Waals surface area contributed by atoms with E-state index in [1.165, 1.54) is 4.90 Å². The van der Waals surface area contributed by atoms with Gasteiger partial charge in [-0.3, -0.25) is 9.69 Å². The summed E-state index contributed by atoms with van der Waals surface area (Å²) in [5, 5.41) is 0. The highest BCUT2D eigenvalue weighted by atomic mass is 16.2. The van der Waals surface area contributed by atoms with Gasteiger partial charge >= 0.3 is 6.03 Å². The summed E-state index contributed by atoms with van der Waals surface area (Å²) in [5.41, 5.74) is 1.82. The number of fused-ring (bicyclic) bond motifs is 3. The van der Waals surface area contributed by atoms with Crippen LogP contribution in [0.4, 0.5) is 10.5 Å². The Balaban J connectivity index is 1.67. The van der Waals surface area contributed by atoms with Crippen molar-refractivity contribution in [3.63, 3.8) is 0 Å². The molecule has 0 aliphatic carbocycles. The Bertz CT molecular complexity index is 775. The predicted octanol–water partition coefficient (Wildman–Crippen LogP) is 1.34. The van der Waals surface area contributed by atoms with Crippen LogP contribution in [0, 0.1) is 0 Å². The van der Waals surface area contributed by atoms with E-state index in [9.17, 15) is 9.59 Å². The normalized spacial score (nSPS) is 25.3. The number of carbonyl (C=O) groups is 2. The SMILES string of the molecule is C=C(C)CN1C(=O)C2C(N=C3N(c4ccccc4)CCN32)N(C)C1=O. The maximum Gasteiger partial charge on any atom is 0.328 e. The lowest BCUT2D eigenvalue weighted by molar-refractivity contribution is -0.136. The van der Waals surface area contributed by atoms with Crippen molar-refractivity contribution in [2.45, 2.75) is 19.1 Å². The van der Waals surface area contributed by atoms with E-state index in [-0.39, 0.29) is 18.5 Å². The Labute approximate surface area is 146 Å². The highest BCUT2D eigenvalue weighted by Gasteiger charge is 2.54. The van der Waals surface area contributed by atoms with Gasteiger partial charge in [0.1, 0.15) is 0 Å². The van der Waals surface area contributed by atoms with E-state index in [1.54, 1.807) is 11.9 Å². The smallest absolute Gasteiger partial charge is 0.325 e. The molecule has 4 rings (SSSR count). The number of carbonyl (C=O) groups excluding carboxylic acids is 2. The molecule has 2 unspecified atom stereocenters. The number of likely N-dealkylation sites (N-methyl/N-ethyl adjacent to an activating group) is 1. The molecule has 2 fully saturated rings. The summed E-state index contributed by atoms with van der Waals surface area (Å²) in [5.74, 6) is 0.580. The van der Waals surface area contributed by atoms with Crippen molar-refractivity contribution in [2.24, 2.45) is 4.99 Å². The van der Waals surface area contributed by atoms with Gasteiger partial charge in [-0.25, -0.2) is 9.79 Å². The van der Waals surface area contributed by atoms with E-state index < -0.39 is 12.2 Å². The van der Waals surface area contributed by atoms with Crippen molar-refractivity contribution >= 4 is 23.6 Å². The lowest BCUT2D eigenvalue weighted by Crippen LogP contribution is -2.65. The van der Waals surface area contributed by atoms with E-state index >= 15 is 0 Å². The molecule has 1 aromatic rings. The first-order valence-electron chi connectivity index (χ1n) is 8.38. The van der Waals surface area contributed by atoms with Crippen LogP contribution < -0.4 is 4.90 Å². The number of para-hydroxylation sites is 1. The van der Waals surface area contributed by atoms with Crippen LogP contribution in [0.5, 0.6) is 0 Å². The monoisotopic (exact) mass is 339 g/mol. The molecule has 3 amide bonds. The number of imide groups is 1. The van der Waals surface area contributed by atoms with Gasteiger partial charge < -0.3 is 14.7 Å². The van der Waals surface area contributed by atoms with Crippen molar-refractivity contribution in [1.29, 1.82) is 0 Å². The minimum atomic E-state index is -0.470. The fourth-order valence-corrected chi connectivity index (χ4v) is 3.70. The summed E-state index contributed by atoms with van der Waals surface area (Å²) in [4.78, 5) is 37.3. The minimum Gasteiger partial charge on any atom is -0.325 e. The maximum atomic E-state index is 13.0. The average molecular weight is 339 g/mol. The molecule has 0 saturated carbocycles. The highest BCUT2D eigenvalue weighted by Crippen LogP contribution is 2.33. The summed E-state index contributed by atoms with van der Waals surface area (Å²) >= 11 is 0. The Morgan fingerprint density at radius 3 is 2.64 bits per heavy atom. The van der Waals surface area contributed by atoms with Crippen LogP contribution in [0.15, 0.2) is 47.5 Å². The fourth-order valence-electron chi connectivity index (χ4n) is 3.70. The number of hydrogen-bond donors (Lipinski definition) is 0. The zero-order valence-electron chi connectivity index (χ0n) is 14.4. The number of amides is 3. The van der Waals surface area contributed by atoms with Crippen molar-refractivity contribution in [3.05, 3.63) is 42.5 Å². The van der Waals surface area contributed by atoms with Gasteiger partial charge in [0, 0.05) is 25.8 Å². The average Bonchev–Trinajstić information content (AvgIpc) is 3.16. The third-order valence-electron chi connectivity index (χ3n) is 4.87. The predicted molar refractivity (Wildman–Crippen MR) is 95.2 cm³/mol. The molecule has 0 aromatic heterocycles. The molecule has 0 bridgehead atoms. The third-order valence-corrected chi connectivity index (χ3v) is 4.87. The third kappa shape index (κ3) is 2.30. The molecule has 25 heavy (non-hydrogen) atoms. The molecule has 2 atom stereocenters. The van der Waals surface area contributed by atoms with Gasteiger partial charge in [-0.05, 0) is 19.1 Å². The zero-order valence-corrected chi connectivity index (χ0v) is 14.4. The summed E-state index contributed by atoms with van der Waals surface area (Å²) in [7, 11) is 1.71. The van der Waals surface area contributed by atoms with E-state index in [0.717, 1.165) is 23.8 Å². The van der Waals surface area contributed by atoms with E-state index in [1.807, 2.05) is 42.2 Å². The summed E-state index contributed by atoms with van der Waals surface area (Å²) in [6.45, 7) is 7.38. The molecular weight excluding hydrogens is 318 g/mol. The maximum absolute atomic E-state index is 13.0. The molecule has 3 heterocycles. The van der Waals surface area contributed by atoms with Crippen LogP contribution in [-0.4, -0.2) is 71.5 Å². The first-order chi connectivity index (χ1) is 12.0. The molecular formula is C18H21N5O2. The summed E-state index contributed by atoms with van der Waals surface area (Å²) in [6.07, 6.45) is -0.470. The fraction of sp³-hybridized carbons (Fsp3) is 0.389. The molecule has 0 N–H and O–H groups in total. The van der Waals surface area contributed by atoms with Crippen LogP contribution in [0.25, 0.3) is 0 Å². The number of hydrogen-bond acceptors (Lipinski definition) is 5. The van der Waals surface area contributed by atoms with Gasteiger partial charge in [0.15, 0.2) is 12.2 Å². The Morgan fingerprint density at radius 2 is 1.96 bits per heavy atom. The Kier molecular flexibility index (Phi) is 3.52. The van der Waals surface area contributed by atoms with Crippen LogP contribution >= 0.6 is 0 Å². The van der Waals surface area contributed by atoms with Crippen molar-refractivity contribution in [1.82, 2.24) is 14.7 Å². The quantitative estimate of drug-likeness (QED) is 0.780. The summed E-state index contributed by atoms with van der Waals surface area (Å²) in [6, 6.07) is 9.22. The lowest BCUT2D eigenvalue weighted by Gasteiger charge is -2.40. The van der Waals surface area contributed by atoms with Crippen molar-refractivity contribution in [3.8, 4) is 0 Å². The molecule has 7 heteroatoms. The van der Waals surface area contributed by atoms with Crippen LogP contribution in [-0.2, 0) is 4.79 Å². The summed E-state index contributed by atoms with van der Waals surface area (Å²) < 4.78 is 0. The van der Waals surface area contributed by atoms with Crippen LogP contribution in [0.2, 0.25) is 0 Å². The standard InChI is InChI=1S/C18H21N5O2/c1-12(2)11-23-16(24)14-15(20(3)18(23)25)19-17-21(9-10-22(14)17)13-7-5-4-6-8-13/h4-8,14-15H,1,9-11H2,2-3H3. The molecule has 0 spiro atoms. The van der Waals surface area contributed by atoms with Gasteiger partial charge in [-0.15, -0.1) is 0 Å². The Hall–Kier alpha value is -2.83. The zero-order chi connectivity index (χ0) is 17.7. The number of rotatable bonds is 3. The second-order valence-electron chi connectivity index (χ2n) is 6.74. The molecule has 3 aliphatic rings. The number of nitrogens with zero attached hydrogens (tertiary/aromatic N) is 5. The largest absolute Gasteiger partial charge is 0.328 e. The molecule has 1 aromatic carbocycles. The second kappa shape index (κ2) is 5.61. The van der Waals surface area contributed by atoms with Gasteiger partial charge in [0.25, 0.3) is 5.91 Å². The van der Waals surface area contributed by atoms with Crippen LogP contribution in [0.1, 0.15) is 6.92 Å². The van der Waals surface area contributed by atoms with E-state index in [0.29, 0.717) is 6.54 Å². The number of guanidine groups is 1. The first kappa shape index (κ1) is 15.7. The van der Waals surface area contributed by atoms with E-state index in [2.05, 4.69) is 11.5 Å². The van der Waals surface area contributed by atoms with Gasteiger partial charge in [0.2, 0.25) is 5.96 Å². The highest BCUT2D eigenvalue weighted by molar-refractivity contribution is 6.08. The van der Waals surface area contributed by atoms with Gasteiger partial charge in [-0.2, -0.15) is 0 Å². The molecule has 2 saturated heterocycles. The topological polar surface area (TPSA) is 59.5 Å². The van der Waals surface area contributed by atoms with Crippen molar-refractivity contribution in [2.75, 3.05) is 31.6 Å². The number of urea groups is 1. The molecule has 130 valence electrons. The lowest BCUT2D eigenvalue weighted by atomic mass is 10.1. The first-order valence-corrected chi connectivity index (χ1v) is 8.38. The molecule has 3 aliphatic heterocycles. The number of aliphatic imine (C=N–C) groups is 1. The van der Waals surface area contributed by atoms with Gasteiger partial charge in [0.05, 0.1) is 6.54 Å². The van der Waals surface area contributed by atoms with Crippen molar-refractivity contribution < 1.29 is 9.59 Å². The minimum absolute atomic E-state index is 0.190. The van der Waals surface area contributed by atoms with Crippen LogP contribution in [0.3, 0.4) is 0 Å². The van der Waals surface area contributed by atoms with E-state index in [4.69, 9.17) is 4.99 Å². The second-order valence-corrected chi connectivity index (χ2v) is 6.74.